The molecule has 1 aliphatic rings. The summed E-state index contributed by atoms with van der Waals surface area (Å²) in [6, 6.07) is 14.7. The van der Waals surface area contributed by atoms with Crippen LogP contribution in [-0.4, -0.2) is 28.5 Å². The van der Waals surface area contributed by atoms with Gasteiger partial charge in [0.1, 0.15) is 10.5 Å². The van der Waals surface area contributed by atoms with E-state index in [1.165, 1.54) is 17.4 Å². The van der Waals surface area contributed by atoms with Crippen molar-refractivity contribution in [2.75, 3.05) is 23.3 Å². The third-order valence-corrected chi connectivity index (χ3v) is 7.41. The van der Waals surface area contributed by atoms with E-state index in [1.807, 2.05) is 47.5 Å². The standard InChI is InChI=1S/C27H27FN4O2S/c1-17-5-8-19(9-6-17)15-32-26(34)24-23(11-13-35-24)30-27(32)31-12-3-4-20(16-31)25(33)29-21-10-7-18(2)22(28)14-21/h5-11,13-14,20H,3-4,12,15-16H2,1-2H3,(H,29,33)/t20-/m1/s1. The van der Waals surface area contributed by atoms with Gasteiger partial charge in [0.2, 0.25) is 11.9 Å². The molecule has 0 spiro atoms. The number of fused-ring (bicyclic) bond motifs is 1. The van der Waals surface area contributed by atoms with Crippen LogP contribution in [0.5, 0.6) is 0 Å². The Morgan fingerprint density at radius 2 is 1.97 bits per heavy atom. The number of thiophene rings is 1. The molecule has 1 saturated heterocycles. The molecule has 0 unspecified atom stereocenters. The number of amides is 1. The molecule has 0 saturated carbocycles. The molecule has 1 atom stereocenters. The van der Waals surface area contributed by atoms with Crippen molar-refractivity contribution in [1.29, 1.82) is 0 Å². The van der Waals surface area contributed by atoms with E-state index in [9.17, 15) is 14.0 Å². The number of rotatable bonds is 5. The maximum atomic E-state index is 13.9. The molecule has 8 heteroatoms. The van der Waals surface area contributed by atoms with E-state index in [4.69, 9.17) is 4.98 Å². The molecule has 3 heterocycles. The van der Waals surface area contributed by atoms with Crippen LogP contribution >= 0.6 is 11.3 Å². The number of aryl methyl sites for hydroxylation is 2. The van der Waals surface area contributed by atoms with Crippen LogP contribution in [-0.2, 0) is 11.3 Å². The summed E-state index contributed by atoms with van der Waals surface area (Å²) in [4.78, 5) is 33.4. The van der Waals surface area contributed by atoms with Gasteiger partial charge in [0.15, 0.2) is 0 Å². The number of halogens is 1. The number of nitrogens with one attached hydrogen (secondary N) is 1. The van der Waals surface area contributed by atoms with Gasteiger partial charge < -0.3 is 10.2 Å². The first-order valence-corrected chi connectivity index (χ1v) is 12.6. The molecule has 0 radical (unpaired) electrons. The third kappa shape index (κ3) is 4.84. The zero-order chi connectivity index (χ0) is 24.5. The molecule has 1 amide bonds. The van der Waals surface area contributed by atoms with Gasteiger partial charge in [-0.2, -0.15) is 0 Å². The Bertz CT molecular complexity index is 1440. The lowest BCUT2D eigenvalue weighted by molar-refractivity contribution is -0.120. The monoisotopic (exact) mass is 490 g/mol. The summed E-state index contributed by atoms with van der Waals surface area (Å²) in [6.07, 6.45) is 1.52. The van der Waals surface area contributed by atoms with Crippen LogP contribution < -0.4 is 15.8 Å². The summed E-state index contributed by atoms with van der Waals surface area (Å²) >= 11 is 1.40. The van der Waals surface area contributed by atoms with Gasteiger partial charge in [-0.1, -0.05) is 35.9 Å². The van der Waals surface area contributed by atoms with Gasteiger partial charge >= 0.3 is 0 Å². The highest BCUT2D eigenvalue weighted by Gasteiger charge is 2.29. The molecule has 35 heavy (non-hydrogen) atoms. The number of anilines is 2. The largest absolute Gasteiger partial charge is 0.341 e. The quantitative estimate of drug-likeness (QED) is 0.422. The van der Waals surface area contributed by atoms with Crippen molar-refractivity contribution in [2.24, 2.45) is 5.92 Å². The van der Waals surface area contributed by atoms with Gasteiger partial charge in [-0.15, -0.1) is 11.3 Å². The first-order valence-electron chi connectivity index (χ1n) is 11.7. The second-order valence-corrected chi connectivity index (χ2v) is 10.1. The van der Waals surface area contributed by atoms with Crippen molar-refractivity contribution < 1.29 is 9.18 Å². The Kier molecular flexibility index (Phi) is 6.38. The van der Waals surface area contributed by atoms with Crippen molar-refractivity contribution in [3.63, 3.8) is 0 Å². The lowest BCUT2D eigenvalue weighted by atomic mass is 9.97. The first-order chi connectivity index (χ1) is 16.9. The van der Waals surface area contributed by atoms with Crippen LogP contribution in [0.2, 0.25) is 0 Å². The van der Waals surface area contributed by atoms with Gasteiger partial charge in [0, 0.05) is 18.8 Å². The normalized spacial score (nSPS) is 16.0. The van der Waals surface area contributed by atoms with E-state index in [-0.39, 0.29) is 23.2 Å². The lowest BCUT2D eigenvalue weighted by Gasteiger charge is -2.34. The topological polar surface area (TPSA) is 67.2 Å². The summed E-state index contributed by atoms with van der Waals surface area (Å²) in [5, 5.41) is 4.74. The van der Waals surface area contributed by atoms with E-state index in [1.54, 1.807) is 23.6 Å². The molecule has 4 aromatic rings. The van der Waals surface area contributed by atoms with Gasteiger partial charge in [-0.3, -0.25) is 14.2 Å². The molecule has 1 fully saturated rings. The number of piperidine rings is 1. The van der Waals surface area contributed by atoms with Gasteiger partial charge in [-0.25, -0.2) is 9.37 Å². The fourth-order valence-corrected chi connectivity index (χ4v) is 5.26. The molecule has 2 aromatic heterocycles. The molecule has 0 bridgehead atoms. The third-order valence-electron chi connectivity index (χ3n) is 6.52. The average molecular weight is 491 g/mol. The summed E-state index contributed by atoms with van der Waals surface area (Å²) in [6.45, 7) is 5.28. The predicted octanol–water partition coefficient (Wildman–Crippen LogP) is 5.12. The molecule has 2 aromatic carbocycles. The summed E-state index contributed by atoms with van der Waals surface area (Å²) in [5.74, 6) is -0.208. The van der Waals surface area contributed by atoms with E-state index in [0.29, 0.717) is 47.1 Å². The smallest absolute Gasteiger partial charge is 0.273 e. The first kappa shape index (κ1) is 23.2. The highest BCUT2D eigenvalue weighted by Crippen LogP contribution is 2.26. The number of benzene rings is 2. The minimum atomic E-state index is -0.346. The van der Waals surface area contributed by atoms with Crippen LogP contribution in [0.15, 0.2) is 58.7 Å². The fourth-order valence-electron chi connectivity index (χ4n) is 4.48. The fraction of sp³-hybridized carbons (Fsp3) is 0.296. The number of hydrogen-bond donors (Lipinski definition) is 1. The van der Waals surface area contributed by atoms with Crippen LogP contribution in [0.3, 0.4) is 0 Å². The summed E-state index contributed by atoms with van der Waals surface area (Å²) < 4.78 is 16.3. The molecule has 1 aliphatic heterocycles. The van der Waals surface area contributed by atoms with Crippen molar-refractivity contribution >= 4 is 39.1 Å². The number of carbonyl (C=O) groups excluding carboxylic acids is 1. The molecule has 6 nitrogen and oxygen atoms in total. The minimum Gasteiger partial charge on any atom is -0.341 e. The SMILES string of the molecule is Cc1ccc(Cn2c(N3CCC[C@@H](C(=O)Nc4ccc(C)c(F)c4)C3)nc3ccsc3c2=O)cc1. The molecule has 180 valence electrons. The number of aromatic nitrogens is 2. The minimum absolute atomic E-state index is 0.0673. The van der Waals surface area contributed by atoms with Crippen LogP contribution in [0, 0.1) is 25.6 Å². The molecular weight excluding hydrogens is 463 g/mol. The van der Waals surface area contributed by atoms with Gasteiger partial charge in [-0.05, 0) is 61.4 Å². The molecule has 1 N–H and O–H groups in total. The lowest BCUT2D eigenvalue weighted by Crippen LogP contribution is -2.43. The Hall–Kier alpha value is -3.52. The van der Waals surface area contributed by atoms with E-state index in [2.05, 4.69) is 5.32 Å². The Morgan fingerprint density at radius 3 is 2.74 bits per heavy atom. The van der Waals surface area contributed by atoms with Crippen LogP contribution in [0.4, 0.5) is 16.0 Å². The zero-order valence-corrected chi connectivity index (χ0v) is 20.6. The number of hydrogen-bond acceptors (Lipinski definition) is 5. The van der Waals surface area contributed by atoms with Gasteiger partial charge in [0.25, 0.3) is 5.56 Å². The maximum absolute atomic E-state index is 13.9. The van der Waals surface area contributed by atoms with Gasteiger partial charge in [0.05, 0.1) is 18.0 Å². The molecular formula is C27H27FN4O2S. The van der Waals surface area contributed by atoms with Crippen molar-refractivity contribution in [3.05, 3.63) is 86.8 Å². The van der Waals surface area contributed by atoms with Crippen molar-refractivity contribution in [2.45, 2.75) is 33.2 Å². The average Bonchev–Trinajstić information content (AvgIpc) is 3.33. The zero-order valence-electron chi connectivity index (χ0n) is 19.8. The van der Waals surface area contributed by atoms with E-state index in [0.717, 1.165) is 24.0 Å². The van der Waals surface area contributed by atoms with Crippen LogP contribution in [0.1, 0.15) is 29.5 Å². The van der Waals surface area contributed by atoms with Crippen LogP contribution in [0.25, 0.3) is 10.2 Å². The summed E-state index contributed by atoms with van der Waals surface area (Å²) in [5.41, 5.74) is 3.77. The second kappa shape index (κ2) is 9.62. The van der Waals surface area contributed by atoms with Crippen molar-refractivity contribution in [1.82, 2.24) is 9.55 Å². The highest BCUT2D eigenvalue weighted by molar-refractivity contribution is 7.17. The van der Waals surface area contributed by atoms with Crippen molar-refractivity contribution in [3.8, 4) is 0 Å². The maximum Gasteiger partial charge on any atom is 0.273 e. The molecule has 5 rings (SSSR count). The Morgan fingerprint density at radius 1 is 1.17 bits per heavy atom. The highest BCUT2D eigenvalue weighted by atomic mass is 32.1. The Labute approximate surface area is 207 Å². The number of carbonyl (C=O) groups is 1. The van der Waals surface area contributed by atoms with E-state index < -0.39 is 0 Å². The Balaban J connectivity index is 1.43. The number of nitrogens with zero attached hydrogens (tertiary/aromatic N) is 3. The second-order valence-electron chi connectivity index (χ2n) is 9.16. The predicted molar refractivity (Wildman–Crippen MR) is 139 cm³/mol. The van der Waals surface area contributed by atoms with E-state index >= 15 is 0 Å². The summed E-state index contributed by atoms with van der Waals surface area (Å²) in [7, 11) is 0. The molecule has 0 aliphatic carbocycles.